The van der Waals surface area contributed by atoms with E-state index in [0.717, 1.165) is 11.1 Å². The molecule has 0 saturated carbocycles. The summed E-state index contributed by atoms with van der Waals surface area (Å²) in [5, 5.41) is 14.9. The van der Waals surface area contributed by atoms with Crippen LogP contribution in [0.2, 0.25) is 0 Å². The second-order valence-electron chi connectivity index (χ2n) is 9.35. The lowest BCUT2D eigenvalue weighted by Crippen LogP contribution is -2.33. The Morgan fingerprint density at radius 3 is 2.21 bits per heavy atom. The first-order chi connectivity index (χ1) is 19.7. The van der Waals surface area contributed by atoms with Crippen LogP contribution in [0.4, 0.5) is 5.69 Å². The molecular weight excluding hydrogens is 594 g/mol. The van der Waals surface area contributed by atoms with Crippen molar-refractivity contribution in [2.75, 3.05) is 11.9 Å². The highest BCUT2D eigenvalue weighted by Crippen LogP contribution is 2.59. The van der Waals surface area contributed by atoms with Gasteiger partial charge in [-0.15, -0.1) is 0 Å². The lowest BCUT2D eigenvalue weighted by atomic mass is 10.1. The number of aryl methyl sites for hydroxylation is 1. The maximum Gasteiger partial charge on any atom is 0.360 e. The SMILES string of the molecule is Cc1cn([C@H]2C[C@H](N=[N+]=[N-])[C@@H](CO)O2)c(=O)[nH]c1=O.O=P(O)(O)C(Nc1ccc(Cc2ccccc2)cc1)P(=O)(O)O. The lowest BCUT2D eigenvalue weighted by Gasteiger charge is -2.21. The van der Waals surface area contributed by atoms with Gasteiger partial charge >= 0.3 is 20.9 Å². The van der Waals surface area contributed by atoms with E-state index in [1.165, 1.54) is 22.9 Å². The van der Waals surface area contributed by atoms with Gasteiger partial charge in [0.1, 0.15) is 6.23 Å². The third-order valence-corrected chi connectivity index (χ3v) is 9.52. The first-order valence-corrected chi connectivity index (χ1v) is 15.7. The van der Waals surface area contributed by atoms with Crippen LogP contribution in [-0.4, -0.2) is 58.5 Å². The van der Waals surface area contributed by atoms with Crippen LogP contribution in [-0.2, 0) is 20.3 Å². The minimum Gasteiger partial charge on any atom is -0.394 e. The molecule has 7 N–H and O–H groups in total. The quantitative estimate of drug-likeness (QED) is 0.0785. The van der Waals surface area contributed by atoms with Gasteiger partial charge in [-0.1, -0.05) is 47.6 Å². The van der Waals surface area contributed by atoms with E-state index in [-0.39, 0.29) is 18.7 Å². The van der Waals surface area contributed by atoms with Gasteiger partial charge in [-0.05, 0) is 42.1 Å². The van der Waals surface area contributed by atoms with Gasteiger partial charge in [0.2, 0.25) is 5.52 Å². The maximum absolute atomic E-state index is 11.7. The maximum atomic E-state index is 11.7. The number of azide groups is 1. The van der Waals surface area contributed by atoms with Crippen LogP contribution in [0, 0.1) is 6.92 Å². The van der Waals surface area contributed by atoms with E-state index < -0.39 is 50.3 Å². The molecule has 2 heterocycles. The summed E-state index contributed by atoms with van der Waals surface area (Å²) >= 11 is 0. The van der Waals surface area contributed by atoms with E-state index >= 15 is 0 Å². The van der Waals surface area contributed by atoms with Crippen molar-refractivity contribution in [3.8, 4) is 0 Å². The van der Waals surface area contributed by atoms with E-state index in [1.807, 2.05) is 30.3 Å². The summed E-state index contributed by atoms with van der Waals surface area (Å²) in [6.07, 6.45) is 1.01. The number of nitrogens with zero attached hydrogens (tertiary/aromatic N) is 4. The highest BCUT2D eigenvalue weighted by atomic mass is 31.2. The monoisotopic (exact) mass is 624 g/mol. The summed E-state index contributed by atoms with van der Waals surface area (Å²) in [6, 6.07) is 15.7. The van der Waals surface area contributed by atoms with E-state index in [0.29, 0.717) is 12.0 Å². The summed E-state index contributed by atoms with van der Waals surface area (Å²) in [6.45, 7) is 1.26. The highest BCUT2D eigenvalue weighted by Gasteiger charge is 2.43. The van der Waals surface area contributed by atoms with E-state index in [9.17, 15) is 18.7 Å². The number of hydrogen-bond donors (Lipinski definition) is 7. The number of hydrogen-bond acceptors (Lipinski definition) is 8. The Kier molecular flexibility index (Phi) is 11.0. The Hall–Kier alpha value is -3.55. The topological polar surface area (TPSA) is 260 Å². The molecule has 0 unspecified atom stereocenters. The number of aliphatic hydroxyl groups is 1. The number of benzene rings is 2. The van der Waals surface area contributed by atoms with Crippen LogP contribution in [0.15, 0.2) is 75.5 Å². The Labute approximate surface area is 238 Å². The van der Waals surface area contributed by atoms with Crippen LogP contribution in [0.1, 0.15) is 29.3 Å². The predicted molar refractivity (Wildman–Crippen MR) is 152 cm³/mol. The van der Waals surface area contributed by atoms with E-state index in [1.54, 1.807) is 19.1 Å². The fraction of sp³-hybridized carbons (Fsp3) is 0.333. The largest absolute Gasteiger partial charge is 0.394 e. The van der Waals surface area contributed by atoms with Gasteiger partial charge in [0.05, 0.1) is 18.8 Å². The van der Waals surface area contributed by atoms with Gasteiger partial charge in [0.15, 0.2) is 0 Å². The summed E-state index contributed by atoms with van der Waals surface area (Å²) < 4.78 is 29.2. The van der Waals surface area contributed by atoms with Crippen molar-refractivity contribution >= 4 is 20.9 Å². The number of aromatic amines is 1. The molecule has 3 atom stereocenters. The second-order valence-corrected chi connectivity index (χ2v) is 13.2. The van der Waals surface area contributed by atoms with Crippen LogP contribution in [0.5, 0.6) is 0 Å². The Balaban J connectivity index is 0.000000235. The first-order valence-electron chi connectivity index (χ1n) is 12.4. The fourth-order valence-corrected chi connectivity index (χ4v) is 6.30. The van der Waals surface area contributed by atoms with Crippen molar-refractivity contribution in [3.05, 3.63) is 109 Å². The molecule has 226 valence electrons. The molecule has 18 heteroatoms. The van der Waals surface area contributed by atoms with E-state index in [2.05, 4.69) is 20.3 Å². The molecule has 1 aliphatic heterocycles. The highest BCUT2D eigenvalue weighted by molar-refractivity contribution is 7.71. The second kappa shape index (κ2) is 14.1. The number of anilines is 1. The molecule has 0 amide bonds. The standard InChI is InChI=1S/C14H17NO6P2.C10H13N5O4/c16-22(17,18)14(23(19,20)21)15-13-8-6-12(7-9-13)10-11-4-2-1-3-5-11;1-5-3-15(10(18)12-9(5)17)8-2-6(13-14-11)7(4-16)19-8/h1-9,14-15H,10H2,(H2,16,17,18)(H2,19,20,21);3,6-8,16H,2,4H2,1H3,(H,12,17,18)/t;6-,7+,8+/m.0/s1. The van der Waals surface area contributed by atoms with Gasteiger partial charge in [0.25, 0.3) is 5.56 Å². The Morgan fingerprint density at radius 1 is 1.07 bits per heavy atom. The molecule has 42 heavy (non-hydrogen) atoms. The molecule has 0 spiro atoms. The summed E-state index contributed by atoms with van der Waals surface area (Å²) in [5.74, 6) is 0. The van der Waals surface area contributed by atoms with Crippen LogP contribution in [0.3, 0.4) is 0 Å². The van der Waals surface area contributed by atoms with Gasteiger partial charge in [-0.25, -0.2) is 4.79 Å². The number of ether oxygens (including phenoxy) is 1. The van der Waals surface area contributed by atoms with Crippen LogP contribution >= 0.6 is 15.2 Å². The van der Waals surface area contributed by atoms with Crippen molar-refractivity contribution in [3.63, 3.8) is 0 Å². The number of H-pyrrole nitrogens is 1. The predicted octanol–water partition coefficient (Wildman–Crippen LogP) is 2.13. The average Bonchev–Trinajstić information content (AvgIpc) is 3.33. The summed E-state index contributed by atoms with van der Waals surface area (Å²) in [7, 11) is -10.0. The third kappa shape index (κ3) is 8.97. The molecule has 3 aromatic rings. The molecule has 1 saturated heterocycles. The molecule has 0 bridgehead atoms. The number of aliphatic hydroxyl groups excluding tert-OH is 1. The van der Waals surface area contributed by atoms with Crippen molar-refractivity contribution in [2.24, 2.45) is 5.11 Å². The third-order valence-electron chi connectivity index (χ3n) is 6.18. The molecule has 1 aromatic heterocycles. The molecule has 16 nitrogen and oxygen atoms in total. The fourth-order valence-electron chi connectivity index (χ4n) is 4.10. The van der Waals surface area contributed by atoms with Gasteiger partial charge in [-0.3, -0.25) is 23.5 Å². The normalized spacial score (nSPS) is 18.6. The molecule has 4 rings (SSSR count). The zero-order valence-electron chi connectivity index (χ0n) is 22.2. The lowest BCUT2D eigenvalue weighted by molar-refractivity contribution is -0.0271. The minimum absolute atomic E-state index is 0.221. The molecule has 1 fully saturated rings. The zero-order chi connectivity index (χ0) is 31.1. The van der Waals surface area contributed by atoms with Gasteiger partial charge < -0.3 is 34.7 Å². The molecule has 0 aliphatic carbocycles. The number of aromatic nitrogens is 2. The smallest absolute Gasteiger partial charge is 0.360 e. The molecule has 2 aromatic carbocycles. The Bertz CT molecular complexity index is 1590. The average molecular weight is 624 g/mol. The van der Waals surface area contributed by atoms with E-state index in [4.69, 9.17) is 34.9 Å². The summed E-state index contributed by atoms with van der Waals surface area (Å²) in [4.78, 5) is 64.2. The molecular formula is C24H30N6O10P2. The van der Waals surface area contributed by atoms with Gasteiger partial charge in [0, 0.05) is 28.8 Å². The van der Waals surface area contributed by atoms with Crippen molar-refractivity contribution < 1.29 is 38.5 Å². The van der Waals surface area contributed by atoms with Crippen LogP contribution < -0.4 is 16.6 Å². The zero-order valence-corrected chi connectivity index (χ0v) is 24.0. The molecule has 1 aliphatic rings. The van der Waals surface area contributed by atoms with Crippen molar-refractivity contribution in [2.45, 2.75) is 43.7 Å². The number of rotatable bonds is 9. The first kappa shape index (κ1) is 33.0. The summed E-state index contributed by atoms with van der Waals surface area (Å²) in [5.41, 5.74) is 7.79. The Morgan fingerprint density at radius 2 is 1.67 bits per heavy atom. The van der Waals surface area contributed by atoms with Gasteiger partial charge in [-0.2, -0.15) is 0 Å². The molecule has 0 radical (unpaired) electrons. The van der Waals surface area contributed by atoms with Crippen LogP contribution in [0.25, 0.3) is 10.4 Å². The minimum atomic E-state index is -5.00. The van der Waals surface area contributed by atoms with Crippen molar-refractivity contribution in [1.29, 1.82) is 0 Å². The number of nitrogens with one attached hydrogen (secondary N) is 2. The van der Waals surface area contributed by atoms with Crippen molar-refractivity contribution in [1.82, 2.24) is 9.55 Å².